The third-order valence-electron chi connectivity index (χ3n) is 4.51. The number of phenols is 1. The summed E-state index contributed by atoms with van der Waals surface area (Å²) in [6.07, 6.45) is 4.62. The smallest absolute Gasteiger partial charge is 0.257 e. The second-order valence-corrected chi connectivity index (χ2v) is 6.78. The second-order valence-electron chi connectivity index (χ2n) is 5.97. The van der Waals surface area contributed by atoms with Gasteiger partial charge in [0.25, 0.3) is 5.91 Å². The molecule has 0 unspecified atom stereocenters. The molecular formula is C16H18Cl2N4O2. The molecule has 128 valence electrons. The molecule has 0 radical (unpaired) electrons. The van der Waals surface area contributed by atoms with Gasteiger partial charge >= 0.3 is 0 Å². The highest BCUT2D eigenvalue weighted by Crippen LogP contribution is 2.37. The number of aromatic hydroxyl groups is 1. The van der Waals surface area contributed by atoms with Crippen LogP contribution in [0.25, 0.3) is 0 Å². The van der Waals surface area contributed by atoms with Gasteiger partial charge in [-0.1, -0.05) is 23.2 Å². The number of hydrogen-bond donors (Lipinski definition) is 3. The highest BCUT2D eigenvalue weighted by molar-refractivity contribution is 6.42. The molecule has 1 atom stereocenters. The van der Waals surface area contributed by atoms with Gasteiger partial charge in [0, 0.05) is 37.0 Å². The van der Waals surface area contributed by atoms with E-state index in [1.807, 2.05) is 0 Å². The van der Waals surface area contributed by atoms with E-state index in [0.29, 0.717) is 34.3 Å². The molecule has 1 aliphatic rings. The van der Waals surface area contributed by atoms with Crippen LogP contribution in [0.2, 0.25) is 10.0 Å². The van der Waals surface area contributed by atoms with Crippen LogP contribution in [0.5, 0.6) is 5.75 Å². The number of likely N-dealkylation sites (tertiary alicyclic amines) is 1. The molecule has 1 aromatic heterocycles. The average Bonchev–Trinajstić information content (AvgIpc) is 3.11. The molecule has 1 amide bonds. The average molecular weight is 369 g/mol. The number of carbonyl (C=O) groups excluding carboxylic acids is 1. The minimum absolute atomic E-state index is 0.0341. The fourth-order valence-corrected chi connectivity index (χ4v) is 3.41. The van der Waals surface area contributed by atoms with Gasteiger partial charge in [-0.05, 0) is 24.8 Å². The van der Waals surface area contributed by atoms with Crippen LogP contribution in [0.4, 0.5) is 0 Å². The van der Waals surface area contributed by atoms with Crippen molar-refractivity contribution < 1.29 is 9.90 Å². The summed E-state index contributed by atoms with van der Waals surface area (Å²) in [7, 11) is 0. The fraction of sp³-hybridized carbons (Fsp3) is 0.375. The number of nitrogens with one attached hydrogen (secondary N) is 1. The van der Waals surface area contributed by atoms with Gasteiger partial charge in [-0.2, -0.15) is 5.10 Å². The summed E-state index contributed by atoms with van der Waals surface area (Å²) in [5.41, 5.74) is 7.47. The van der Waals surface area contributed by atoms with Gasteiger partial charge in [0.05, 0.1) is 21.8 Å². The summed E-state index contributed by atoms with van der Waals surface area (Å²) in [6, 6.07) is 2.68. The van der Waals surface area contributed by atoms with Crippen LogP contribution in [-0.4, -0.2) is 39.2 Å². The summed E-state index contributed by atoms with van der Waals surface area (Å²) in [6.45, 7) is 1.23. The minimum Gasteiger partial charge on any atom is -0.508 e. The van der Waals surface area contributed by atoms with E-state index in [1.165, 1.54) is 12.3 Å². The Morgan fingerprint density at radius 2 is 2.00 bits per heavy atom. The highest BCUT2D eigenvalue weighted by atomic mass is 35.5. The lowest BCUT2D eigenvalue weighted by atomic mass is 9.85. The maximum Gasteiger partial charge on any atom is 0.257 e. The van der Waals surface area contributed by atoms with E-state index >= 15 is 0 Å². The van der Waals surface area contributed by atoms with E-state index < -0.39 is 0 Å². The highest BCUT2D eigenvalue weighted by Gasteiger charge is 2.29. The number of hydrogen-bond acceptors (Lipinski definition) is 4. The van der Waals surface area contributed by atoms with Crippen LogP contribution in [-0.2, 0) is 0 Å². The van der Waals surface area contributed by atoms with E-state index in [1.54, 1.807) is 17.2 Å². The molecule has 8 heteroatoms. The Balaban J connectivity index is 1.66. The van der Waals surface area contributed by atoms with Crippen molar-refractivity contribution in [2.45, 2.75) is 18.9 Å². The van der Waals surface area contributed by atoms with E-state index in [0.717, 1.165) is 12.8 Å². The quantitative estimate of drug-likeness (QED) is 0.775. The number of aromatic nitrogens is 2. The molecule has 24 heavy (non-hydrogen) atoms. The molecule has 0 spiro atoms. The number of piperidine rings is 1. The first-order chi connectivity index (χ1) is 11.5. The van der Waals surface area contributed by atoms with Crippen LogP contribution < -0.4 is 5.73 Å². The van der Waals surface area contributed by atoms with Gasteiger partial charge in [0.15, 0.2) is 0 Å². The molecule has 0 saturated carbocycles. The number of rotatable bonds is 3. The van der Waals surface area contributed by atoms with E-state index in [9.17, 15) is 9.90 Å². The molecule has 1 aromatic carbocycles. The lowest BCUT2D eigenvalue weighted by Gasteiger charge is -2.35. The largest absolute Gasteiger partial charge is 0.508 e. The zero-order valence-corrected chi connectivity index (χ0v) is 14.4. The third kappa shape index (κ3) is 3.36. The number of benzene rings is 1. The minimum atomic E-state index is -0.356. The van der Waals surface area contributed by atoms with Crippen molar-refractivity contribution in [1.82, 2.24) is 15.1 Å². The summed E-state index contributed by atoms with van der Waals surface area (Å²) >= 11 is 11.9. The van der Waals surface area contributed by atoms with Crippen LogP contribution in [0.15, 0.2) is 24.5 Å². The van der Waals surface area contributed by atoms with E-state index in [4.69, 9.17) is 28.9 Å². The molecule has 1 fully saturated rings. The van der Waals surface area contributed by atoms with Crippen molar-refractivity contribution in [3.63, 3.8) is 0 Å². The van der Waals surface area contributed by atoms with Crippen molar-refractivity contribution >= 4 is 29.1 Å². The molecule has 4 N–H and O–H groups in total. The van der Waals surface area contributed by atoms with Gasteiger partial charge in [-0.25, -0.2) is 0 Å². The molecule has 3 rings (SSSR count). The number of amides is 1. The van der Waals surface area contributed by atoms with Crippen LogP contribution in [0.3, 0.4) is 0 Å². The number of nitrogens with zero attached hydrogens (tertiary/aromatic N) is 2. The van der Waals surface area contributed by atoms with Gasteiger partial charge in [-0.15, -0.1) is 0 Å². The Morgan fingerprint density at radius 3 is 2.62 bits per heavy atom. The Morgan fingerprint density at radius 1 is 1.33 bits per heavy atom. The number of carbonyl (C=O) groups is 1. The molecule has 2 heterocycles. The van der Waals surface area contributed by atoms with Crippen molar-refractivity contribution in [2.24, 2.45) is 11.7 Å². The van der Waals surface area contributed by atoms with Crippen molar-refractivity contribution in [3.8, 4) is 5.75 Å². The second kappa shape index (κ2) is 7.01. The first kappa shape index (κ1) is 17.1. The number of phenolic OH excluding ortho intramolecular Hbond substituents is 1. The summed E-state index contributed by atoms with van der Waals surface area (Å²) in [4.78, 5) is 14.1. The Labute approximate surface area is 149 Å². The van der Waals surface area contributed by atoms with Crippen LogP contribution in [0.1, 0.15) is 34.8 Å². The molecule has 1 aliphatic heterocycles. The molecule has 1 saturated heterocycles. The zero-order chi connectivity index (χ0) is 17.3. The van der Waals surface area contributed by atoms with Crippen molar-refractivity contribution in [2.75, 3.05) is 13.1 Å². The normalized spacial score (nSPS) is 17.0. The molecule has 0 aliphatic carbocycles. The Kier molecular flexibility index (Phi) is 4.99. The van der Waals surface area contributed by atoms with E-state index in [-0.39, 0.29) is 23.6 Å². The van der Waals surface area contributed by atoms with E-state index in [2.05, 4.69) is 10.2 Å². The number of halogens is 2. The first-order valence-corrected chi connectivity index (χ1v) is 8.44. The first-order valence-electron chi connectivity index (χ1n) is 7.69. The van der Waals surface area contributed by atoms with Crippen LogP contribution >= 0.6 is 23.2 Å². The predicted octanol–water partition coefficient (Wildman–Crippen LogP) is 2.97. The van der Waals surface area contributed by atoms with Crippen molar-refractivity contribution in [3.05, 3.63) is 45.7 Å². The summed E-state index contributed by atoms with van der Waals surface area (Å²) in [5, 5.41) is 17.2. The number of nitrogens with two attached hydrogens (primary N) is 1. The molecule has 0 bridgehead atoms. The number of aromatic amines is 1. The topological polar surface area (TPSA) is 95.2 Å². The maximum atomic E-state index is 12.3. The Bertz CT molecular complexity index is 728. The zero-order valence-electron chi connectivity index (χ0n) is 12.9. The Hall–Kier alpha value is -1.76. The monoisotopic (exact) mass is 368 g/mol. The van der Waals surface area contributed by atoms with Gasteiger partial charge in [0.1, 0.15) is 5.75 Å². The lowest BCUT2D eigenvalue weighted by molar-refractivity contribution is 0.0677. The summed E-state index contributed by atoms with van der Waals surface area (Å²) in [5.74, 6) is 0.170. The third-order valence-corrected chi connectivity index (χ3v) is 5.23. The maximum absolute atomic E-state index is 12.3. The standard InChI is InChI=1S/C16H18Cl2N4O2/c17-12-5-11(14(23)6-13(12)18)15(19)9-1-3-22(4-2-9)16(24)10-7-20-21-8-10/h5-9,15,23H,1-4,19H2,(H,20,21)/t15-/m1/s1. The summed E-state index contributed by atoms with van der Waals surface area (Å²) < 4.78 is 0. The lowest BCUT2D eigenvalue weighted by Crippen LogP contribution is -2.40. The fourth-order valence-electron chi connectivity index (χ4n) is 3.08. The van der Waals surface area contributed by atoms with Crippen molar-refractivity contribution in [1.29, 1.82) is 0 Å². The molecule has 6 nitrogen and oxygen atoms in total. The molecular weight excluding hydrogens is 351 g/mol. The van der Waals surface area contributed by atoms with Crippen LogP contribution in [0, 0.1) is 5.92 Å². The van der Waals surface area contributed by atoms with Gasteiger partial charge < -0.3 is 15.7 Å². The number of H-pyrrole nitrogens is 1. The molecule has 2 aromatic rings. The SMILES string of the molecule is N[C@@H](c1cc(Cl)c(Cl)cc1O)C1CCN(C(=O)c2cn[nH]c2)CC1. The predicted molar refractivity (Wildman–Crippen MR) is 92.3 cm³/mol. The van der Waals surface area contributed by atoms with Gasteiger partial charge in [-0.3, -0.25) is 9.89 Å². The van der Waals surface area contributed by atoms with Gasteiger partial charge in [0.2, 0.25) is 0 Å².